The molecule has 2 heterocycles. The summed E-state index contributed by atoms with van der Waals surface area (Å²) in [6.07, 6.45) is 0.641. The van der Waals surface area contributed by atoms with Crippen LogP contribution in [0.3, 0.4) is 0 Å². The van der Waals surface area contributed by atoms with Gasteiger partial charge in [0.1, 0.15) is 5.44 Å². The normalized spacial score (nSPS) is 18.8. The minimum Gasteiger partial charge on any atom is -0.404 e. The van der Waals surface area contributed by atoms with E-state index in [4.69, 9.17) is 9.16 Å². The molecule has 1 aliphatic heterocycles. The first kappa shape index (κ1) is 24.7. The summed E-state index contributed by atoms with van der Waals surface area (Å²) in [5.41, 5.74) is -1.87. The number of halogens is 1. The van der Waals surface area contributed by atoms with Crippen LogP contribution in [0.4, 0.5) is 4.39 Å². The second-order valence-electron chi connectivity index (χ2n) is 9.38. The summed E-state index contributed by atoms with van der Waals surface area (Å²) in [6, 6.07) is 20.8. The largest absolute Gasteiger partial charge is 0.404 e. The molecule has 0 bridgehead atoms. The second-order valence-corrected chi connectivity index (χ2v) is 14.9. The summed E-state index contributed by atoms with van der Waals surface area (Å²) in [4.78, 5) is 25.3. The highest BCUT2D eigenvalue weighted by Gasteiger charge is 2.50. The lowest BCUT2D eigenvalue weighted by Gasteiger charge is -2.43. The molecule has 1 fully saturated rings. The van der Waals surface area contributed by atoms with Crippen molar-refractivity contribution in [1.29, 1.82) is 0 Å². The Kier molecular flexibility index (Phi) is 7.27. The maximum Gasteiger partial charge on any atom is 0.328 e. The Morgan fingerprint density at radius 3 is 2.24 bits per heavy atom. The summed E-state index contributed by atoms with van der Waals surface area (Å²) in [5, 5.41) is 2.26. The van der Waals surface area contributed by atoms with E-state index < -0.39 is 25.4 Å². The van der Waals surface area contributed by atoms with Crippen LogP contribution < -0.4 is 21.6 Å². The number of nitrogens with zero attached hydrogens (tertiary/aromatic N) is 1. The average molecular weight is 501 g/mol. The maximum atomic E-state index is 13.6. The predicted octanol–water partition coefficient (Wildman–Crippen LogP) is 2.71. The van der Waals surface area contributed by atoms with Gasteiger partial charge in [0.2, 0.25) is 5.82 Å². The van der Waals surface area contributed by atoms with Crippen molar-refractivity contribution in [3.8, 4) is 0 Å². The third-order valence-corrected chi connectivity index (χ3v) is 12.2. The highest BCUT2D eigenvalue weighted by Crippen LogP contribution is 2.38. The van der Waals surface area contributed by atoms with E-state index in [9.17, 15) is 14.0 Å². The van der Waals surface area contributed by atoms with Gasteiger partial charge in [-0.25, -0.2) is 4.79 Å². The van der Waals surface area contributed by atoms with Crippen LogP contribution in [0, 0.1) is 5.82 Å². The molecule has 1 saturated heterocycles. The van der Waals surface area contributed by atoms with Crippen LogP contribution in [0.1, 0.15) is 20.8 Å². The van der Waals surface area contributed by atoms with Crippen LogP contribution in [0.25, 0.3) is 0 Å². The minimum absolute atomic E-state index is 0.140. The molecule has 6 nitrogen and oxygen atoms in total. The van der Waals surface area contributed by atoms with E-state index in [-0.39, 0.29) is 23.1 Å². The Morgan fingerprint density at radius 1 is 1.09 bits per heavy atom. The lowest BCUT2D eigenvalue weighted by molar-refractivity contribution is 0.0293. The van der Waals surface area contributed by atoms with Gasteiger partial charge in [0.15, 0.2) is 0 Å². The van der Waals surface area contributed by atoms with Crippen LogP contribution in [0.2, 0.25) is 5.04 Å². The zero-order valence-corrected chi connectivity index (χ0v) is 21.3. The first-order valence-electron chi connectivity index (χ1n) is 11.2. The number of thioether (sulfide) groups is 1. The fraction of sp³-hybridized carbons (Fsp3) is 0.360. The van der Waals surface area contributed by atoms with Gasteiger partial charge in [-0.2, -0.15) is 4.39 Å². The lowest BCUT2D eigenvalue weighted by Crippen LogP contribution is -2.67. The molecule has 0 unspecified atom stereocenters. The van der Waals surface area contributed by atoms with Gasteiger partial charge in [0.25, 0.3) is 13.9 Å². The van der Waals surface area contributed by atoms with Gasteiger partial charge < -0.3 is 9.16 Å². The molecule has 0 aliphatic carbocycles. The Bertz CT molecular complexity index is 1190. The van der Waals surface area contributed by atoms with Crippen LogP contribution in [0.5, 0.6) is 0 Å². The molecule has 9 heteroatoms. The number of benzene rings is 2. The first-order valence-corrected chi connectivity index (χ1v) is 14.2. The Hall–Kier alpha value is -2.46. The highest BCUT2D eigenvalue weighted by molar-refractivity contribution is 8.00. The van der Waals surface area contributed by atoms with Crippen LogP contribution in [-0.4, -0.2) is 41.8 Å². The maximum absolute atomic E-state index is 13.6. The van der Waals surface area contributed by atoms with E-state index in [2.05, 4.69) is 45.0 Å². The number of aromatic nitrogens is 2. The van der Waals surface area contributed by atoms with Gasteiger partial charge in [-0.1, -0.05) is 81.4 Å². The van der Waals surface area contributed by atoms with E-state index in [1.807, 2.05) is 41.4 Å². The second kappa shape index (κ2) is 10.0. The summed E-state index contributed by atoms with van der Waals surface area (Å²) in [5.74, 6) is -0.348. The molecule has 1 N–H and O–H groups in total. The molecule has 0 amide bonds. The fourth-order valence-electron chi connectivity index (χ4n) is 4.48. The van der Waals surface area contributed by atoms with E-state index in [0.717, 1.165) is 10.8 Å². The van der Waals surface area contributed by atoms with Gasteiger partial charge in [-0.05, 0) is 15.4 Å². The summed E-state index contributed by atoms with van der Waals surface area (Å²) in [7, 11) is -2.67. The van der Waals surface area contributed by atoms with Crippen LogP contribution in [0.15, 0.2) is 76.4 Å². The molecule has 1 aromatic heterocycles. The highest BCUT2D eigenvalue weighted by atomic mass is 32.2. The summed E-state index contributed by atoms with van der Waals surface area (Å²) < 4.78 is 27.9. The van der Waals surface area contributed by atoms with Crippen molar-refractivity contribution in [2.24, 2.45) is 0 Å². The monoisotopic (exact) mass is 500 g/mol. The third kappa shape index (κ3) is 4.97. The molecule has 4 rings (SSSR count). The first-order chi connectivity index (χ1) is 16.2. The van der Waals surface area contributed by atoms with Crippen molar-refractivity contribution in [3.63, 3.8) is 0 Å². The van der Waals surface area contributed by atoms with Crippen molar-refractivity contribution >= 4 is 30.5 Å². The molecular weight excluding hydrogens is 471 g/mol. The lowest BCUT2D eigenvalue weighted by atomic mass is 10.2. The van der Waals surface area contributed by atoms with Crippen LogP contribution >= 0.6 is 11.8 Å². The number of rotatable bonds is 7. The zero-order valence-electron chi connectivity index (χ0n) is 19.5. The number of ether oxygens (including phenoxy) is 1. The summed E-state index contributed by atoms with van der Waals surface area (Å²) >= 11 is 1.62. The average Bonchev–Trinajstić information content (AvgIpc) is 3.26. The van der Waals surface area contributed by atoms with Crippen molar-refractivity contribution in [2.45, 2.75) is 43.9 Å². The SMILES string of the molecule is CC(C)(C)[Si](OC[C@@H]1O[C@H](Cn2cc(F)c(=O)[nH]c2=O)CS1)(c1ccccc1)c1ccccc1. The van der Waals surface area contributed by atoms with Crippen molar-refractivity contribution in [1.82, 2.24) is 9.55 Å². The standard InChI is InChI=1S/C25H29FN2O4SSi/c1-25(2,3)34(19-10-6-4-7-11-19,20-12-8-5-9-13-20)31-16-22-32-18(17-33-22)14-28-15-21(26)23(29)27-24(28)30/h4-13,15,18,22H,14,16-17H2,1-3H3,(H,27,29,30)/t18-,22-/m1/s1. The number of aromatic amines is 1. The minimum atomic E-state index is -2.67. The summed E-state index contributed by atoms with van der Waals surface area (Å²) in [6.45, 7) is 7.23. The van der Waals surface area contributed by atoms with Gasteiger partial charge >= 0.3 is 5.69 Å². The van der Waals surface area contributed by atoms with E-state index in [1.165, 1.54) is 10.4 Å². The van der Waals surface area contributed by atoms with Gasteiger partial charge in [0, 0.05) is 5.75 Å². The molecule has 1 aliphatic rings. The Balaban J connectivity index is 1.54. The number of hydrogen-bond acceptors (Lipinski definition) is 5. The molecule has 0 spiro atoms. The Morgan fingerprint density at radius 2 is 1.68 bits per heavy atom. The molecule has 2 atom stereocenters. The molecule has 2 aromatic carbocycles. The third-order valence-electron chi connectivity index (χ3n) is 6.03. The van der Waals surface area contributed by atoms with E-state index in [0.29, 0.717) is 12.4 Å². The number of hydrogen-bond donors (Lipinski definition) is 1. The quantitative estimate of drug-likeness (QED) is 0.505. The fourth-order valence-corrected chi connectivity index (χ4v) is 10.2. The predicted molar refractivity (Wildman–Crippen MR) is 136 cm³/mol. The molecule has 34 heavy (non-hydrogen) atoms. The van der Waals surface area contributed by atoms with E-state index in [1.54, 1.807) is 11.8 Å². The van der Waals surface area contributed by atoms with Crippen LogP contribution in [-0.2, 0) is 15.7 Å². The van der Waals surface area contributed by atoms with Crippen molar-refractivity contribution in [3.05, 3.63) is 93.5 Å². The smallest absolute Gasteiger partial charge is 0.328 e. The van der Waals surface area contributed by atoms with Gasteiger partial charge in [-0.3, -0.25) is 14.3 Å². The molecule has 3 aromatic rings. The Labute approximate surface area is 203 Å². The van der Waals surface area contributed by atoms with Gasteiger partial charge in [-0.15, -0.1) is 11.8 Å². The zero-order chi connectivity index (χ0) is 24.3. The van der Waals surface area contributed by atoms with E-state index >= 15 is 0 Å². The molecule has 180 valence electrons. The van der Waals surface area contributed by atoms with Crippen molar-refractivity contribution in [2.75, 3.05) is 12.4 Å². The topological polar surface area (TPSA) is 73.3 Å². The number of nitrogens with one attached hydrogen (secondary N) is 1. The van der Waals surface area contributed by atoms with Crippen molar-refractivity contribution < 1.29 is 13.6 Å². The molecule has 0 radical (unpaired) electrons. The van der Waals surface area contributed by atoms with Gasteiger partial charge in [0.05, 0.1) is 25.5 Å². The molecule has 0 saturated carbocycles. The molecular formula is C25H29FN2O4SSi. The number of H-pyrrole nitrogens is 1.